The summed E-state index contributed by atoms with van der Waals surface area (Å²) in [6.45, 7) is 8.24. The molecular weight excluding hydrogens is 192 g/mol. The quantitative estimate of drug-likeness (QED) is 0.499. The van der Waals surface area contributed by atoms with Gasteiger partial charge in [-0.05, 0) is 12.3 Å². The Morgan fingerprint density at radius 1 is 1.40 bits per heavy atom. The molecule has 2 unspecified atom stereocenters. The van der Waals surface area contributed by atoms with Crippen molar-refractivity contribution in [2.45, 2.75) is 32.0 Å². The molecule has 0 N–H and O–H groups in total. The third kappa shape index (κ3) is 5.24. The van der Waals surface area contributed by atoms with Gasteiger partial charge in [-0.25, -0.2) is 0 Å². The predicted octanol–water partition coefficient (Wildman–Crippen LogP) is 2.83. The Bertz CT molecular complexity index is 73.7. The first kappa shape index (κ1) is 10.4. The maximum Gasteiger partial charge on any atom is 0.0502 e. The molecule has 62 valence electrons. The van der Waals surface area contributed by atoms with Crippen LogP contribution in [0.15, 0.2) is 0 Å². The molecule has 2 heteroatoms. The molecule has 0 saturated heterocycles. The Morgan fingerprint density at radius 3 is 2.40 bits per heavy atom. The van der Waals surface area contributed by atoms with Crippen molar-refractivity contribution < 1.29 is 4.74 Å². The van der Waals surface area contributed by atoms with E-state index in [0.717, 1.165) is 19.6 Å². The number of halogens is 1. The molecule has 2 atom stereocenters. The molecule has 0 rings (SSSR count). The van der Waals surface area contributed by atoms with Crippen molar-refractivity contribution in [2.75, 3.05) is 13.2 Å². The van der Waals surface area contributed by atoms with Gasteiger partial charge in [-0.2, -0.15) is 0 Å². The standard InChI is InChI=1S/C8H17BrO/c1-4-5-10-6-7(2)8(3)9/h7-8H,4-6H2,1-3H3. The minimum atomic E-state index is 0.560. The van der Waals surface area contributed by atoms with Gasteiger partial charge in [0.25, 0.3) is 0 Å². The Morgan fingerprint density at radius 2 is 2.00 bits per heavy atom. The summed E-state index contributed by atoms with van der Waals surface area (Å²) in [4.78, 5) is 0.560. The van der Waals surface area contributed by atoms with Crippen LogP contribution in [-0.2, 0) is 4.74 Å². The molecule has 0 bridgehead atoms. The molecule has 0 fully saturated rings. The largest absolute Gasteiger partial charge is 0.381 e. The van der Waals surface area contributed by atoms with Crippen LogP contribution in [0.1, 0.15) is 27.2 Å². The molecule has 1 nitrogen and oxygen atoms in total. The smallest absolute Gasteiger partial charge is 0.0502 e. The summed E-state index contributed by atoms with van der Waals surface area (Å²) < 4.78 is 5.38. The van der Waals surface area contributed by atoms with Gasteiger partial charge in [0.15, 0.2) is 0 Å². The van der Waals surface area contributed by atoms with Gasteiger partial charge in [0.1, 0.15) is 0 Å². The first-order valence-electron chi connectivity index (χ1n) is 3.90. The minimum Gasteiger partial charge on any atom is -0.381 e. The summed E-state index contributed by atoms with van der Waals surface area (Å²) in [5, 5.41) is 0. The molecule has 0 spiro atoms. The average molecular weight is 209 g/mol. The first-order chi connectivity index (χ1) is 4.68. The van der Waals surface area contributed by atoms with Gasteiger partial charge in [0.2, 0.25) is 0 Å². The fourth-order valence-corrected chi connectivity index (χ4v) is 0.699. The summed E-state index contributed by atoms with van der Waals surface area (Å²) >= 11 is 3.51. The van der Waals surface area contributed by atoms with E-state index >= 15 is 0 Å². The van der Waals surface area contributed by atoms with Crippen molar-refractivity contribution in [1.82, 2.24) is 0 Å². The van der Waals surface area contributed by atoms with E-state index in [1.54, 1.807) is 0 Å². The lowest BCUT2D eigenvalue weighted by molar-refractivity contribution is 0.106. The zero-order chi connectivity index (χ0) is 7.98. The molecule has 10 heavy (non-hydrogen) atoms. The van der Waals surface area contributed by atoms with Crippen molar-refractivity contribution in [3.63, 3.8) is 0 Å². The lowest BCUT2D eigenvalue weighted by Gasteiger charge is -2.13. The van der Waals surface area contributed by atoms with Crippen LogP contribution >= 0.6 is 15.9 Å². The number of ether oxygens (including phenoxy) is 1. The van der Waals surface area contributed by atoms with Crippen LogP contribution in [-0.4, -0.2) is 18.0 Å². The average Bonchev–Trinajstić information content (AvgIpc) is 1.88. The normalized spacial score (nSPS) is 16.8. The maximum absolute atomic E-state index is 5.38. The van der Waals surface area contributed by atoms with Gasteiger partial charge in [-0.3, -0.25) is 0 Å². The first-order valence-corrected chi connectivity index (χ1v) is 4.81. The summed E-state index contributed by atoms with van der Waals surface area (Å²) in [6, 6.07) is 0. The van der Waals surface area contributed by atoms with Crippen LogP contribution in [0.25, 0.3) is 0 Å². The zero-order valence-electron chi connectivity index (χ0n) is 7.06. The van der Waals surface area contributed by atoms with E-state index in [1.165, 1.54) is 0 Å². The highest BCUT2D eigenvalue weighted by Crippen LogP contribution is 2.11. The highest BCUT2D eigenvalue weighted by atomic mass is 79.9. The molecule has 0 aliphatic rings. The van der Waals surface area contributed by atoms with Crippen LogP contribution in [0.3, 0.4) is 0 Å². The van der Waals surface area contributed by atoms with E-state index in [1.807, 2.05) is 0 Å². The van der Waals surface area contributed by atoms with Gasteiger partial charge in [-0.1, -0.05) is 36.7 Å². The van der Waals surface area contributed by atoms with Crippen LogP contribution in [0, 0.1) is 5.92 Å². The highest BCUT2D eigenvalue weighted by Gasteiger charge is 2.07. The summed E-state index contributed by atoms with van der Waals surface area (Å²) in [6.07, 6.45) is 1.11. The van der Waals surface area contributed by atoms with Gasteiger partial charge < -0.3 is 4.74 Å². The molecule has 0 radical (unpaired) electrons. The lowest BCUT2D eigenvalue weighted by Crippen LogP contribution is -2.14. The number of alkyl halides is 1. The molecule has 0 aliphatic heterocycles. The van der Waals surface area contributed by atoms with Crippen molar-refractivity contribution in [3.05, 3.63) is 0 Å². The van der Waals surface area contributed by atoms with Crippen LogP contribution in [0.2, 0.25) is 0 Å². The van der Waals surface area contributed by atoms with E-state index in [0.29, 0.717) is 10.7 Å². The zero-order valence-corrected chi connectivity index (χ0v) is 8.65. The molecule has 0 aromatic heterocycles. The molecule has 0 aromatic carbocycles. The van der Waals surface area contributed by atoms with Gasteiger partial charge in [-0.15, -0.1) is 0 Å². The van der Waals surface area contributed by atoms with E-state index in [2.05, 4.69) is 36.7 Å². The second kappa shape index (κ2) is 6.17. The number of hydrogen-bond donors (Lipinski definition) is 0. The molecule has 0 heterocycles. The molecular formula is C8H17BrO. The van der Waals surface area contributed by atoms with Gasteiger partial charge >= 0.3 is 0 Å². The predicted molar refractivity (Wildman–Crippen MR) is 48.7 cm³/mol. The Kier molecular flexibility index (Phi) is 6.44. The van der Waals surface area contributed by atoms with Crippen LogP contribution in [0.5, 0.6) is 0 Å². The lowest BCUT2D eigenvalue weighted by atomic mass is 10.1. The summed E-state index contributed by atoms with van der Waals surface area (Å²) in [7, 11) is 0. The molecule has 0 amide bonds. The summed E-state index contributed by atoms with van der Waals surface area (Å²) in [5.74, 6) is 0.617. The SMILES string of the molecule is CCCOCC(C)C(C)Br. The minimum absolute atomic E-state index is 0.560. The van der Waals surface area contributed by atoms with Crippen molar-refractivity contribution in [3.8, 4) is 0 Å². The van der Waals surface area contributed by atoms with Crippen molar-refractivity contribution >= 4 is 15.9 Å². The van der Waals surface area contributed by atoms with Crippen LogP contribution < -0.4 is 0 Å². The third-order valence-electron chi connectivity index (χ3n) is 1.51. The summed E-state index contributed by atoms with van der Waals surface area (Å²) in [5.41, 5.74) is 0. The van der Waals surface area contributed by atoms with E-state index in [-0.39, 0.29) is 0 Å². The number of hydrogen-bond acceptors (Lipinski definition) is 1. The van der Waals surface area contributed by atoms with Gasteiger partial charge in [0, 0.05) is 11.4 Å². The second-order valence-electron chi connectivity index (χ2n) is 2.73. The van der Waals surface area contributed by atoms with Crippen molar-refractivity contribution in [1.29, 1.82) is 0 Å². The Hall–Kier alpha value is 0.440. The molecule has 0 aliphatic carbocycles. The van der Waals surface area contributed by atoms with E-state index in [4.69, 9.17) is 4.74 Å². The maximum atomic E-state index is 5.38. The molecule has 0 saturated carbocycles. The Labute approximate surface area is 72.3 Å². The second-order valence-corrected chi connectivity index (χ2v) is 4.17. The number of rotatable bonds is 5. The topological polar surface area (TPSA) is 9.23 Å². The fraction of sp³-hybridized carbons (Fsp3) is 1.00. The molecule has 0 aromatic rings. The monoisotopic (exact) mass is 208 g/mol. The highest BCUT2D eigenvalue weighted by molar-refractivity contribution is 9.09. The van der Waals surface area contributed by atoms with Crippen LogP contribution in [0.4, 0.5) is 0 Å². The van der Waals surface area contributed by atoms with E-state index < -0.39 is 0 Å². The third-order valence-corrected chi connectivity index (χ3v) is 2.42. The Balaban J connectivity index is 3.13. The fourth-order valence-electron chi connectivity index (χ4n) is 0.546. The van der Waals surface area contributed by atoms with E-state index in [9.17, 15) is 0 Å². The van der Waals surface area contributed by atoms with Crippen molar-refractivity contribution in [2.24, 2.45) is 5.92 Å². The van der Waals surface area contributed by atoms with Gasteiger partial charge in [0.05, 0.1) is 6.61 Å².